The van der Waals surface area contributed by atoms with E-state index in [2.05, 4.69) is 0 Å². The van der Waals surface area contributed by atoms with Crippen LogP contribution in [-0.4, -0.2) is 18.8 Å². The van der Waals surface area contributed by atoms with Crippen LogP contribution in [0.5, 0.6) is 11.5 Å². The summed E-state index contributed by atoms with van der Waals surface area (Å²) in [6, 6.07) is 12.7. The second-order valence-corrected chi connectivity index (χ2v) is 9.13. The van der Waals surface area contributed by atoms with Crippen molar-refractivity contribution >= 4 is 21.8 Å². The first-order valence-electron chi connectivity index (χ1n) is 11.8. The minimum absolute atomic E-state index is 0.0687. The number of methoxy groups -OCH3 is 2. The second-order valence-electron chi connectivity index (χ2n) is 9.13. The summed E-state index contributed by atoms with van der Waals surface area (Å²) in [4.78, 5) is 0. The average Bonchev–Trinajstić information content (AvgIpc) is 3.23. The van der Waals surface area contributed by atoms with Crippen LogP contribution in [0.2, 0.25) is 0 Å². The molecule has 0 bridgehead atoms. The Balaban J connectivity index is 1.92. The Morgan fingerprint density at radius 1 is 0.512 bits per heavy atom. The van der Waals surface area contributed by atoms with Gasteiger partial charge in [-0.3, -0.25) is 0 Å². The molecular formula is C29H18F9NO2. The Labute approximate surface area is 226 Å². The van der Waals surface area contributed by atoms with E-state index < -0.39 is 46.3 Å². The van der Waals surface area contributed by atoms with Crippen molar-refractivity contribution in [2.75, 3.05) is 14.2 Å². The number of benzene rings is 4. The van der Waals surface area contributed by atoms with Crippen LogP contribution in [0.4, 0.5) is 39.5 Å². The standard InChI is InChI=1S/C29H18F9NO2/c1-40-19-4-7-25-22(13-19)23-14-20(41-2)5-8-26(23)39(25)24-6-3-16(27(30,31)32)12-21(24)15-9-17(28(33,34)35)11-18(10-15)29(36,37)38/h3-14H,1-2H3. The summed E-state index contributed by atoms with van der Waals surface area (Å²) in [5.41, 5.74) is -4.96. The van der Waals surface area contributed by atoms with Gasteiger partial charge in [-0.25, -0.2) is 0 Å². The third-order valence-corrected chi connectivity index (χ3v) is 6.64. The van der Waals surface area contributed by atoms with Gasteiger partial charge in [0.25, 0.3) is 0 Å². The maximum absolute atomic E-state index is 13.8. The van der Waals surface area contributed by atoms with Crippen LogP contribution in [0, 0.1) is 0 Å². The quantitative estimate of drug-likeness (QED) is 0.197. The number of fused-ring (bicyclic) bond motifs is 3. The fourth-order valence-corrected chi connectivity index (χ4v) is 4.74. The molecule has 4 aromatic carbocycles. The first kappa shape index (κ1) is 28.2. The SMILES string of the molecule is COc1ccc2c(c1)c1cc(OC)ccc1n2-c1ccc(C(F)(F)F)cc1-c1cc(C(F)(F)F)cc(C(F)(F)F)c1. The molecule has 0 fully saturated rings. The van der Waals surface area contributed by atoms with Gasteiger partial charge < -0.3 is 14.0 Å². The highest BCUT2D eigenvalue weighted by molar-refractivity contribution is 6.10. The Hall–Kier alpha value is -4.35. The summed E-state index contributed by atoms with van der Waals surface area (Å²) >= 11 is 0. The highest BCUT2D eigenvalue weighted by Gasteiger charge is 2.38. The topological polar surface area (TPSA) is 23.4 Å². The third-order valence-electron chi connectivity index (χ3n) is 6.64. The highest BCUT2D eigenvalue weighted by Crippen LogP contribution is 2.44. The minimum Gasteiger partial charge on any atom is -0.497 e. The summed E-state index contributed by atoms with van der Waals surface area (Å²) in [7, 11) is 2.86. The fraction of sp³-hybridized carbons (Fsp3) is 0.172. The molecule has 0 N–H and O–H groups in total. The van der Waals surface area contributed by atoms with Gasteiger partial charge in [0.2, 0.25) is 0 Å². The van der Waals surface area contributed by atoms with Crippen LogP contribution in [0.25, 0.3) is 38.6 Å². The molecular weight excluding hydrogens is 565 g/mol. The molecule has 0 aliphatic carbocycles. The first-order valence-corrected chi connectivity index (χ1v) is 11.8. The van der Waals surface area contributed by atoms with Crippen molar-refractivity contribution in [1.82, 2.24) is 4.57 Å². The van der Waals surface area contributed by atoms with Crippen LogP contribution in [0.3, 0.4) is 0 Å². The summed E-state index contributed by atoms with van der Waals surface area (Å²) < 4.78 is 135. The van der Waals surface area contributed by atoms with Gasteiger partial charge in [0, 0.05) is 16.3 Å². The predicted molar refractivity (Wildman–Crippen MR) is 134 cm³/mol. The third kappa shape index (κ3) is 5.14. The first-order chi connectivity index (χ1) is 19.1. The van der Waals surface area contributed by atoms with Crippen molar-refractivity contribution in [3.8, 4) is 28.3 Å². The Kier molecular flexibility index (Phi) is 6.62. The summed E-state index contributed by atoms with van der Waals surface area (Å²) in [5.74, 6) is 0.888. The molecule has 3 nitrogen and oxygen atoms in total. The average molecular weight is 583 g/mol. The van der Waals surface area contributed by atoms with Crippen LogP contribution in [-0.2, 0) is 18.5 Å². The highest BCUT2D eigenvalue weighted by atomic mass is 19.4. The van der Waals surface area contributed by atoms with E-state index in [1.807, 2.05) is 0 Å². The molecule has 5 rings (SSSR count). The van der Waals surface area contributed by atoms with Crippen LogP contribution in [0.15, 0.2) is 72.8 Å². The largest absolute Gasteiger partial charge is 0.497 e. The predicted octanol–water partition coefficient (Wildman–Crippen LogP) is 9.52. The van der Waals surface area contributed by atoms with Gasteiger partial charge in [-0.1, -0.05) is 0 Å². The van der Waals surface area contributed by atoms with Crippen LogP contribution < -0.4 is 9.47 Å². The van der Waals surface area contributed by atoms with E-state index >= 15 is 0 Å². The van der Waals surface area contributed by atoms with Gasteiger partial charge in [0.05, 0.1) is 47.6 Å². The van der Waals surface area contributed by atoms with Gasteiger partial charge in [-0.15, -0.1) is 0 Å². The lowest BCUT2D eigenvalue weighted by atomic mass is 9.96. The maximum atomic E-state index is 13.8. The van der Waals surface area contributed by atoms with Crippen molar-refractivity contribution < 1.29 is 49.0 Å². The molecule has 0 saturated carbocycles. The number of alkyl halides is 9. The van der Waals surface area contributed by atoms with E-state index in [4.69, 9.17) is 9.47 Å². The Bertz CT molecular complexity index is 1690. The lowest BCUT2D eigenvalue weighted by Crippen LogP contribution is -2.12. The van der Waals surface area contributed by atoms with Gasteiger partial charge in [0.1, 0.15) is 11.5 Å². The summed E-state index contributed by atoms with van der Waals surface area (Å²) in [6.45, 7) is 0. The Morgan fingerprint density at radius 2 is 0.976 bits per heavy atom. The van der Waals surface area contributed by atoms with Crippen molar-refractivity contribution in [3.63, 3.8) is 0 Å². The van der Waals surface area contributed by atoms with Crippen molar-refractivity contribution in [2.24, 2.45) is 0 Å². The summed E-state index contributed by atoms with van der Waals surface area (Å²) in [6.07, 6.45) is -15.3. The number of ether oxygens (including phenoxy) is 2. The zero-order valence-electron chi connectivity index (χ0n) is 21.1. The molecule has 0 saturated heterocycles. The Morgan fingerprint density at radius 3 is 1.39 bits per heavy atom. The second kappa shape index (κ2) is 9.64. The van der Waals surface area contributed by atoms with Gasteiger partial charge in [-0.05, 0) is 78.4 Å². The molecule has 41 heavy (non-hydrogen) atoms. The van der Waals surface area contributed by atoms with Gasteiger partial charge in [0.15, 0.2) is 0 Å². The molecule has 0 aliphatic heterocycles. The molecule has 5 aromatic rings. The molecule has 214 valence electrons. The monoisotopic (exact) mass is 583 g/mol. The smallest absolute Gasteiger partial charge is 0.416 e. The lowest BCUT2D eigenvalue weighted by Gasteiger charge is -2.19. The summed E-state index contributed by atoms with van der Waals surface area (Å²) in [5, 5.41) is 1.12. The van der Waals surface area contributed by atoms with E-state index in [0.29, 0.717) is 51.5 Å². The lowest BCUT2D eigenvalue weighted by molar-refractivity contribution is -0.143. The van der Waals surface area contributed by atoms with Crippen molar-refractivity contribution in [3.05, 3.63) is 89.5 Å². The number of halogens is 9. The zero-order chi connectivity index (χ0) is 29.9. The van der Waals surface area contributed by atoms with Gasteiger partial charge in [-0.2, -0.15) is 39.5 Å². The number of rotatable bonds is 4. The molecule has 12 heteroatoms. The van der Waals surface area contributed by atoms with E-state index in [-0.39, 0.29) is 11.8 Å². The fourth-order valence-electron chi connectivity index (χ4n) is 4.74. The van der Waals surface area contributed by atoms with E-state index in [1.54, 1.807) is 36.4 Å². The van der Waals surface area contributed by atoms with Gasteiger partial charge >= 0.3 is 18.5 Å². The molecule has 1 aromatic heterocycles. The molecule has 0 aliphatic rings. The maximum Gasteiger partial charge on any atom is 0.416 e. The van der Waals surface area contributed by atoms with Crippen LogP contribution >= 0.6 is 0 Å². The van der Waals surface area contributed by atoms with Crippen molar-refractivity contribution in [1.29, 1.82) is 0 Å². The molecule has 0 atom stereocenters. The zero-order valence-corrected chi connectivity index (χ0v) is 21.1. The number of hydrogen-bond donors (Lipinski definition) is 0. The number of hydrogen-bond acceptors (Lipinski definition) is 2. The van der Waals surface area contributed by atoms with Crippen molar-refractivity contribution in [2.45, 2.75) is 18.5 Å². The molecule has 0 unspecified atom stereocenters. The van der Waals surface area contributed by atoms with E-state index in [9.17, 15) is 39.5 Å². The molecule has 1 heterocycles. The van der Waals surface area contributed by atoms with E-state index in [1.165, 1.54) is 18.8 Å². The normalized spacial score (nSPS) is 12.8. The minimum atomic E-state index is -5.20. The molecule has 0 radical (unpaired) electrons. The van der Waals surface area contributed by atoms with Crippen LogP contribution in [0.1, 0.15) is 16.7 Å². The molecule has 0 amide bonds. The number of aromatic nitrogens is 1. The number of nitrogens with zero attached hydrogens (tertiary/aromatic N) is 1. The molecule has 0 spiro atoms. The van der Waals surface area contributed by atoms with E-state index in [0.717, 1.165) is 12.1 Å².